The van der Waals surface area contributed by atoms with Crippen LogP contribution < -0.4 is 11.1 Å². The Labute approximate surface area is 101 Å². The number of nitrogens with two attached hydrogens (primary N) is 1. The molecule has 1 aromatic rings. The predicted octanol–water partition coefficient (Wildman–Crippen LogP) is 1.12. The van der Waals surface area contributed by atoms with E-state index in [4.69, 9.17) is 5.73 Å². The summed E-state index contributed by atoms with van der Waals surface area (Å²) in [6.07, 6.45) is 5.84. The molecule has 0 aliphatic heterocycles. The topological polar surface area (TPSA) is 72.9 Å². The molecule has 1 saturated carbocycles. The fraction of sp³-hybridized carbons (Fsp3) is 0.667. The summed E-state index contributed by atoms with van der Waals surface area (Å²) in [4.78, 5) is 12.0. The first-order chi connectivity index (χ1) is 8.19. The number of amides is 1. The van der Waals surface area contributed by atoms with Crippen LogP contribution in [0.5, 0.6) is 0 Å². The van der Waals surface area contributed by atoms with Crippen LogP contribution in [0, 0.1) is 11.8 Å². The highest BCUT2D eigenvalue weighted by Crippen LogP contribution is 2.28. The van der Waals surface area contributed by atoms with E-state index in [1.165, 1.54) is 0 Å². The Kier molecular flexibility index (Phi) is 3.78. The zero-order valence-corrected chi connectivity index (χ0v) is 10.2. The Morgan fingerprint density at radius 1 is 1.53 bits per heavy atom. The lowest BCUT2D eigenvalue weighted by atomic mass is 9.81. The lowest BCUT2D eigenvalue weighted by Crippen LogP contribution is -2.29. The first-order valence-electron chi connectivity index (χ1n) is 6.19. The van der Waals surface area contributed by atoms with Crippen molar-refractivity contribution in [3.05, 3.63) is 12.3 Å². The molecule has 1 amide bonds. The third-order valence-corrected chi connectivity index (χ3v) is 3.52. The Morgan fingerprint density at radius 2 is 2.24 bits per heavy atom. The molecule has 1 aromatic heterocycles. The SMILES string of the molecule is Cn1ccc(NC(=O)C2CCC(CN)CC2)n1. The molecule has 0 aromatic carbocycles. The first-order valence-corrected chi connectivity index (χ1v) is 6.19. The molecule has 2 rings (SSSR count). The number of nitrogens with one attached hydrogen (secondary N) is 1. The van der Waals surface area contributed by atoms with Gasteiger partial charge in [0.1, 0.15) is 0 Å². The third kappa shape index (κ3) is 3.06. The maximum atomic E-state index is 12.0. The lowest BCUT2D eigenvalue weighted by Gasteiger charge is -2.26. The highest BCUT2D eigenvalue weighted by atomic mass is 16.1. The Balaban J connectivity index is 1.85. The van der Waals surface area contributed by atoms with E-state index in [0.29, 0.717) is 11.7 Å². The number of nitrogens with zero attached hydrogens (tertiary/aromatic N) is 2. The monoisotopic (exact) mass is 236 g/mol. The van der Waals surface area contributed by atoms with Crippen molar-refractivity contribution in [2.75, 3.05) is 11.9 Å². The van der Waals surface area contributed by atoms with Gasteiger partial charge in [-0.15, -0.1) is 0 Å². The van der Waals surface area contributed by atoms with Crippen LogP contribution in [0.15, 0.2) is 12.3 Å². The van der Waals surface area contributed by atoms with Crippen LogP contribution in [0.25, 0.3) is 0 Å². The molecular weight excluding hydrogens is 216 g/mol. The van der Waals surface area contributed by atoms with Crippen LogP contribution >= 0.6 is 0 Å². The summed E-state index contributed by atoms with van der Waals surface area (Å²) in [6, 6.07) is 1.81. The van der Waals surface area contributed by atoms with Crippen molar-refractivity contribution in [3.63, 3.8) is 0 Å². The summed E-state index contributed by atoms with van der Waals surface area (Å²) < 4.78 is 1.68. The highest BCUT2D eigenvalue weighted by molar-refractivity contribution is 5.91. The molecule has 5 nitrogen and oxygen atoms in total. The molecule has 0 bridgehead atoms. The molecule has 1 aliphatic rings. The first kappa shape index (κ1) is 12.1. The molecule has 0 spiro atoms. The van der Waals surface area contributed by atoms with Gasteiger partial charge in [-0.3, -0.25) is 9.48 Å². The second-order valence-electron chi connectivity index (χ2n) is 4.82. The van der Waals surface area contributed by atoms with E-state index in [9.17, 15) is 4.79 Å². The minimum absolute atomic E-state index is 0.0965. The third-order valence-electron chi connectivity index (χ3n) is 3.52. The molecule has 5 heteroatoms. The van der Waals surface area contributed by atoms with Crippen LogP contribution in [0.2, 0.25) is 0 Å². The maximum absolute atomic E-state index is 12.0. The van der Waals surface area contributed by atoms with Gasteiger partial charge >= 0.3 is 0 Å². The van der Waals surface area contributed by atoms with E-state index in [0.717, 1.165) is 32.2 Å². The number of rotatable bonds is 3. The van der Waals surface area contributed by atoms with Gasteiger partial charge in [-0.1, -0.05) is 0 Å². The van der Waals surface area contributed by atoms with Crippen molar-refractivity contribution in [3.8, 4) is 0 Å². The van der Waals surface area contributed by atoms with E-state index in [1.807, 2.05) is 19.3 Å². The zero-order chi connectivity index (χ0) is 12.3. The van der Waals surface area contributed by atoms with Crippen molar-refractivity contribution < 1.29 is 4.79 Å². The van der Waals surface area contributed by atoms with E-state index in [-0.39, 0.29) is 11.8 Å². The minimum atomic E-state index is 0.0965. The van der Waals surface area contributed by atoms with Crippen LogP contribution in [0.3, 0.4) is 0 Å². The summed E-state index contributed by atoms with van der Waals surface area (Å²) in [6.45, 7) is 0.745. The fourth-order valence-corrected chi connectivity index (χ4v) is 2.37. The quantitative estimate of drug-likeness (QED) is 0.826. The van der Waals surface area contributed by atoms with E-state index >= 15 is 0 Å². The lowest BCUT2D eigenvalue weighted by molar-refractivity contribution is -0.121. The van der Waals surface area contributed by atoms with Crippen LogP contribution in [0.4, 0.5) is 5.82 Å². The van der Waals surface area contributed by atoms with Gasteiger partial charge < -0.3 is 11.1 Å². The summed E-state index contributed by atoms with van der Waals surface area (Å²) in [7, 11) is 1.84. The van der Waals surface area contributed by atoms with Gasteiger partial charge in [0.05, 0.1) is 0 Å². The number of carbonyl (C=O) groups excluding carboxylic acids is 1. The van der Waals surface area contributed by atoms with Crippen LogP contribution in [-0.4, -0.2) is 22.2 Å². The number of aromatic nitrogens is 2. The van der Waals surface area contributed by atoms with E-state index in [1.54, 1.807) is 4.68 Å². The highest BCUT2D eigenvalue weighted by Gasteiger charge is 2.25. The predicted molar refractivity (Wildman–Crippen MR) is 66.3 cm³/mol. The summed E-state index contributed by atoms with van der Waals surface area (Å²) in [5.41, 5.74) is 5.64. The maximum Gasteiger partial charge on any atom is 0.228 e. The second-order valence-corrected chi connectivity index (χ2v) is 4.82. The number of carbonyl (C=O) groups is 1. The minimum Gasteiger partial charge on any atom is -0.330 e. The Bertz CT molecular complexity index is 380. The van der Waals surface area contributed by atoms with Gasteiger partial charge in [-0.25, -0.2) is 0 Å². The Hall–Kier alpha value is -1.36. The average molecular weight is 236 g/mol. The van der Waals surface area contributed by atoms with Gasteiger partial charge in [-0.05, 0) is 38.1 Å². The molecule has 1 fully saturated rings. The second kappa shape index (κ2) is 5.31. The number of hydrogen-bond acceptors (Lipinski definition) is 3. The van der Waals surface area contributed by atoms with Gasteiger partial charge in [0.2, 0.25) is 5.91 Å². The molecule has 17 heavy (non-hydrogen) atoms. The van der Waals surface area contributed by atoms with Gasteiger partial charge in [0.25, 0.3) is 0 Å². The molecule has 0 radical (unpaired) electrons. The van der Waals surface area contributed by atoms with Gasteiger partial charge in [0.15, 0.2) is 5.82 Å². The number of anilines is 1. The zero-order valence-electron chi connectivity index (χ0n) is 10.2. The number of aryl methyl sites for hydroxylation is 1. The molecule has 1 heterocycles. The van der Waals surface area contributed by atoms with Crippen LogP contribution in [-0.2, 0) is 11.8 Å². The van der Waals surface area contributed by atoms with Crippen molar-refractivity contribution >= 4 is 11.7 Å². The van der Waals surface area contributed by atoms with E-state index < -0.39 is 0 Å². The molecule has 1 aliphatic carbocycles. The van der Waals surface area contributed by atoms with E-state index in [2.05, 4.69) is 10.4 Å². The summed E-state index contributed by atoms with van der Waals surface area (Å²) in [5.74, 6) is 1.46. The molecule has 0 saturated heterocycles. The standard InChI is InChI=1S/C12H20N4O/c1-16-7-6-11(15-16)14-12(17)10-4-2-9(8-13)3-5-10/h6-7,9-10H,2-5,8,13H2,1H3,(H,14,15,17). The van der Waals surface area contributed by atoms with Crippen molar-refractivity contribution in [1.29, 1.82) is 0 Å². The normalized spacial score (nSPS) is 24.6. The fourth-order valence-electron chi connectivity index (χ4n) is 2.37. The molecule has 3 N–H and O–H groups in total. The van der Waals surface area contributed by atoms with Crippen molar-refractivity contribution in [1.82, 2.24) is 9.78 Å². The summed E-state index contributed by atoms with van der Waals surface area (Å²) >= 11 is 0. The van der Waals surface area contributed by atoms with Crippen molar-refractivity contribution in [2.45, 2.75) is 25.7 Å². The number of hydrogen-bond donors (Lipinski definition) is 2. The van der Waals surface area contributed by atoms with Crippen molar-refractivity contribution in [2.24, 2.45) is 24.6 Å². The summed E-state index contributed by atoms with van der Waals surface area (Å²) in [5, 5.41) is 7.00. The smallest absolute Gasteiger partial charge is 0.228 e. The van der Waals surface area contributed by atoms with Crippen LogP contribution in [0.1, 0.15) is 25.7 Å². The molecular formula is C12H20N4O. The molecule has 0 atom stereocenters. The van der Waals surface area contributed by atoms with Gasteiger partial charge in [-0.2, -0.15) is 5.10 Å². The average Bonchev–Trinajstić information content (AvgIpc) is 2.75. The molecule has 94 valence electrons. The molecule has 0 unspecified atom stereocenters. The largest absolute Gasteiger partial charge is 0.330 e. The van der Waals surface area contributed by atoms with Gasteiger partial charge in [0, 0.05) is 25.2 Å². The Morgan fingerprint density at radius 3 is 2.76 bits per heavy atom.